The molecule has 0 spiro atoms. The monoisotopic (exact) mass is 264 g/mol. The first kappa shape index (κ1) is 14.6. The van der Waals surface area contributed by atoms with Gasteiger partial charge in [-0.25, -0.2) is 0 Å². The van der Waals surface area contributed by atoms with E-state index < -0.39 is 0 Å². The first-order valence-electron chi connectivity index (χ1n) is 7.75. The lowest BCUT2D eigenvalue weighted by Crippen LogP contribution is -2.34. The van der Waals surface area contributed by atoms with Crippen molar-refractivity contribution >= 4 is 0 Å². The van der Waals surface area contributed by atoms with E-state index in [1.54, 1.807) is 6.26 Å². The van der Waals surface area contributed by atoms with Gasteiger partial charge < -0.3 is 9.73 Å². The Labute approximate surface area is 117 Å². The Bertz CT molecular complexity index is 331. The lowest BCUT2D eigenvalue weighted by Gasteiger charge is -2.30. The molecule has 2 rings (SSSR count). The van der Waals surface area contributed by atoms with Gasteiger partial charge in [0.1, 0.15) is 5.76 Å². The van der Waals surface area contributed by atoms with Crippen molar-refractivity contribution in [3.05, 3.63) is 24.2 Å². The zero-order valence-corrected chi connectivity index (χ0v) is 12.4. The third-order valence-electron chi connectivity index (χ3n) is 4.45. The summed E-state index contributed by atoms with van der Waals surface area (Å²) in [5.74, 6) is 2.77. The van der Waals surface area contributed by atoms with Crippen LogP contribution in [-0.4, -0.2) is 31.1 Å². The Hall–Kier alpha value is -0.800. The average molecular weight is 264 g/mol. The Morgan fingerprint density at radius 1 is 1.53 bits per heavy atom. The summed E-state index contributed by atoms with van der Waals surface area (Å²) in [7, 11) is 0. The molecular weight excluding hydrogens is 236 g/mol. The lowest BCUT2D eigenvalue weighted by molar-refractivity contribution is 0.204. The van der Waals surface area contributed by atoms with E-state index in [1.165, 1.54) is 38.9 Å². The largest absolute Gasteiger partial charge is 0.468 e. The van der Waals surface area contributed by atoms with Gasteiger partial charge in [0.15, 0.2) is 0 Å². The maximum absolute atomic E-state index is 5.44. The molecule has 0 radical (unpaired) electrons. The summed E-state index contributed by atoms with van der Waals surface area (Å²) in [5.41, 5.74) is 0. The Balaban J connectivity index is 1.72. The Morgan fingerprint density at radius 2 is 2.42 bits per heavy atom. The van der Waals surface area contributed by atoms with Crippen molar-refractivity contribution in [1.82, 2.24) is 10.2 Å². The van der Waals surface area contributed by atoms with E-state index in [9.17, 15) is 0 Å². The smallest absolute Gasteiger partial charge is 0.117 e. The van der Waals surface area contributed by atoms with E-state index in [-0.39, 0.29) is 0 Å². The highest BCUT2D eigenvalue weighted by molar-refractivity contribution is 4.97. The maximum Gasteiger partial charge on any atom is 0.117 e. The molecule has 108 valence electrons. The molecule has 0 saturated carbocycles. The van der Waals surface area contributed by atoms with Crippen LogP contribution in [0.25, 0.3) is 0 Å². The molecule has 0 aliphatic carbocycles. The average Bonchev–Trinajstić information content (AvgIpc) is 2.97. The molecule has 2 atom stereocenters. The molecule has 0 bridgehead atoms. The Kier molecular flexibility index (Phi) is 5.93. The van der Waals surface area contributed by atoms with E-state index in [4.69, 9.17) is 4.42 Å². The van der Waals surface area contributed by atoms with E-state index in [2.05, 4.69) is 30.1 Å². The first-order chi connectivity index (χ1) is 9.29. The zero-order chi connectivity index (χ0) is 13.5. The molecular formula is C16H28N2O. The molecule has 0 aromatic carbocycles. The van der Waals surface area contributed by atoms with Crippen molar-refractivity contribution in [2.75, 3.05) is 26.2 Å². The van der Waals surface area contributed by atoms with Gasteiger partial charge in [-0.1, -0.05) is 13.8 Å². The molecule has 2 unspecified atom stereocenters. The van der Waals surface area contributed by atoms with Gasteiger partial charge >= 0.3 is 0 Å². The van der Waals surface area contributed by atoms with Gasteiger partial charge in [0.05, 0.1) is 12.8 Å². The Morgan fingerprint density at radius 3 is 3.05 bits per heavy atom. The molecule has 19 heavy (non-hydrogen) atoms. The summed E-state index contributed by atoms with van der Waals surface area (Å²) in [5, 5.41) is 3.53. The number of piperidine rings is 1. The van der Waals surface area contributed by atoms with Crippen LogP contribution in [0.4, 0.5) is 0 Å². The number of hydrogen-bond acceptors (Lipinski definition) is 3. The van der Waals surface area contributed by atoms with Crippen LogP contribution in [0.5, 0.6) is 0 Å². The standard InChI is InChI=1S/C16H28N2O/c1-3-18(13-16-7-5-11-19-16)10-8-14(2)15-6-4-9-17-12-15/h5,7,11,14-15,17H,3-4,6,8-10,12-13H2,1-2H3. The number of furan rings is 1. The van der Waals surface area contributed by atoms with Crippen LogP contribution in [0.3, 0.4) is 0 Å². The molecule has 1 aliphatic heterocycles. The van der Waals surface area contributed by atoms with Gasteiger partial charge in [0, 0.05) is 0 Å². The summed E-state index contributed by atoms with van der Waals surface area (Å²) in [4.78, 5) is 2.48. The van der Waals surface area contributed by atoms with Crippen LogP contribution in [0.1, 0.15) is 38.9 Å². The molecule has 1 N–H and O–H groups in total. The second-order valence-electron chi connectivity index (χ2n) is 5.82. The molecule has 1 saturated heterocycles. The quantitative estimate of drug-likeness (QED) is 0.820. The van der Waals surface area contributed by atoms with Crippen LogP contribution in [0.15, 0.2) is 22.8 Å². The van der Waals surface area contributed by atoms with Crippen molar-refractivity contribution in [2.24, 2.45) is 11.8 Å². The van der Waals surface area contributed by atoms with Gasteiger partial charge in [-0.05, 0) is 69.4 Å². The van der Waals surface area contributed by atoms with Crippen molar-refractivity contribution in [2.45, 2.75) is 39.7 Å². The fraction of sp³-hybridized carbons (Fsp3) is 0.750. The van der Waals surface area contributed by atoms with Gasteiger partial charge in [-0.2, -0.15) is 0 Å². The van der Waals surface area contributed by atoms with Crippen LogP contribution in [-0.2, 0) is 6.54 Å². The third-order valence-corrected chi connectivity index (χ3v) is 4.45. The number of nitrogens with zero attached hydrogens (tertiary/aromatic N) is 1. The van der Waals surface area contributed by atoms with Gasteiger partial charge in [0.25, 0.3) is 0 Å². The number of nitrogens with one attached hydrogen (secondary N) is 1. The molecule has 1 fully saturated rings. The highest BCUT2D eigenvalue weighted by Gasteiger charge is 2.20. The zero-order valence-electron chi connectivity index (χ0n) is 12.4. The summed E-state index contributed by atoms with van der Waals surface area (Å²) in [6.45, 7) is 10.3. The fourth-order valence-corrected chi connectivity index (χ4v) is 2.96. The molecule has 1 aromatic heterocycles. The summed E-state index contributed by atoms with van der Waals surface area (Å²) in [6, 6.07) is 4.04. The van der Waals surface area contributed by atoms with Crippen molar-refractivity contribution in [3.63, 3.8) is 0 Å². The molecule has 3 heteroatoms. The van der Waals surface area contributed by atoms with Crippen LogP contribution in [0.2, 0.25) is 0 Å². The SMILES string of the molecule is CCN(CCC(C)C1CCCNC1)Cc1ccco1. The fourth-order valence-electron chi connectivity index (χ4n) is 2.96. The van der Waals surface area contributed by atoms with E-state index >= 15 is 0 Å². The number of rotatable bonds is 7. The van der Waals surface area contributed by atoms with Crippen molar-refractivity contribution in [1.29, 1.82) is 0 Å². The minimum absolute atomic E-state index is 0.818. The molecule has 1 aliphatic rings. The van der Waals surface area contributed by atoms with Crippen molar-refractivity contribution in [3.8, 4) is 0 Å². The summed E-state index contributed by atoms with van der Waals surface area (Å²) < 4.78 is 5.44. The van der Waals surface area contributed by atoms with Gasteiger partial charge in [-0.15, -0.1) is 0 Å². The van der Waals surface area contributed by atoms with Gasteiger partial charge in [-0.3, -0.25) is 4.90 Å². The van der Waals surface area contributed by atoms with Crippen LogP contribution < -0.4 is 5.32 Å². The second kappa shape index (κ2) is 7.71. The second-order valence-corrected chi connectivity index (χ2v) is 5.82. The lowest BCUT2D eigenvalue weighted by atomic mass is 9.85. The predicted molar refractivity (Wildman–Crippen MR) is 79.0 cm³/mol. The highest BCUT2D eigenvalue weighted by Crippen LogP contribution is 2.23. The third kappa shape index (κ3) is 4.66. The normalized spacial score (nSPS) is 21.7. The number of hydrogen-bond donors (Lipinski definition) is 1. The maximum atomic E-state index is 5.44. The highest BCUT2D eigenvalue weighted by atomic mass is 16.3. The molecule has 1 aromatic rings. The van der Waals surface area contributed by atoms with Crippen LogP contribution >= 0.6 is 0 Å². The van der Waals surface area contributed by atoms with Crippen molar-refractivity contribution < 1.29 is 4.42 Å². The van der Waals surface area contributed by atoms with E-state index in [0.29, 0.717) is 0 Å². The molecule has 2 heterocycles. The summed E-state index contributed by atoms with van der Waals surface area (Å²) >= 11 is 0. The van der Waals surface area contributed by atoms with E-state index in [0.717, 1.165) is 30.7 Å². The molecule has 3 nitrogen and oxygen atoms in total. The minimum atomic E-state index is 0.818. The topological polar surface area (TPSA) is 28.4 Å². The van der Waals surface area contributed by atoms with E-state index in [1.807, 2.05) is 6.07 Å². The predicted octanol–water partition coefficient (Wildman–Crippen LogP) is 3.13. The first-order valence-corrected chi connectivity index (χ1v) is 7.75. The summed E-state index contributed by atoms with van der Waals surface area (Å²) in [6.07, 6.45) is 5.80. The van der Waals surface area contributed by atoms with Crippen LogP contribution in [0, 0.1) is 11.8 Å². The molecule has 0 amide bonds. The minimum Gasteiger partial charge on any atom is -0.468 e. The van der Waals surface area contributed by atoms with Gasteiger partial charge in [0.2, 0.25) is 0 Å².